The van der Waals surface area contributed by atoms with E-state index in [9.17, 15) is 0 Å². The number of hydrogen-bond donors (Lipinski definition) is 2. The summed E-state index contributed by atoms with van der Waals surface area (Å²) in [6.07, 6.45) is 1.44. The van der Waals surface area contributed by atoms with Gasteiger partial charge >= 0.3 is 0 Å². The Kier molecular flexibility index (Phi) is 6.03. The van der Waals surface area contributed by atoms with Gasteiger partial charge in [-0.15, -0.1) is 0 Å². The minimum Gasteiger partial charge on any atom is -0.475 e. The molecule has 0 amide bonds. The lowest BCUT2D eigenvalue weighted by atomic mass is 10.1. The lowest BCUT2D eigenvalue weighted by Crippen LogP contribution is -2.36. The summed E-state index contributed by atoms with van der Waals surface area (Å²) in [4.78, 5) is 0. The molecule has 3 nitrogen and oxygen atoms in total. The summed E-state index contributed by atoms with van der Waals surface area (Å²) in [5, 5.41) is 14.8. The van der Waals surface area contributed by atoms with Gasteiger partial charge in [-0.25, -0.2) is 0 Å². The standard InChI is InChI=1S/C18H24NO2/c1-14(2)13-19-18(8-5-11-20)21-17-10-9-15-6-3-4-7-16(15)12-17/h3-4,6-7,9-10,12,18-20H,5,8,11,13H2,1-2H3. The second kappa shape index (κ2) is 8.01. The van der Waals surface area contributed by atoms with Crippen LogP contribution in [-0.2, 0) is 0 Å². The summed E-state index contributed by atoms with van der Waals surface area (Å²) in [6, 6.07) is 14.4. The molecule has 1 unspecified atom stereocenters. The first-order valence-electron chi connectivity index (χ1n) is 7.48. The highest BCUT2D eigenvalue weighted by atomic mass is 16.5. The SMILES string of the molecule is C[C](C)CNC(CCCO)Oc1ccc2ccccc2c1. The van der Waals surface area contributed by atoms with Crippen molar-refractivity contribution in [1.29, 1.82) is 0 Å². The summed E-state index contributed by atoms with van der Waals surface area (Å²) >= 11 is 0. The zero-order valence-corrected chi connectivity index (χ0v) is 12.8. The summed E-state index contributed by atoms with van der Waals surface area (Å²) in [5.41, 5.74) is 0. The fourth-order valence-electron chi connectivity index (χ4n) is 2.20. The molecule has 0 aromatic heterocycles. The molecule has 2 aromatic rings. The van der Waals surface area contributed by atoms with Crippen molar-refractivity contribution in [2.24, 2.45) is 0 Å². The lowest BCUT2D eigenvalue weighted by Gasteiger charge is -2.21. The molecule has 1 atom stereocenters. The quantitative estimate of drug-likeness (QED) is 0.730. The van der Waals surface area contributed by atoms with Crippen LogP contribution in [0.1, 0.15) is 26.7 Å². The zero-order valence-electron chi connectivity index (χ0n) is 12.8. The van der Waals surface area contributed by atoms with Crippen LogP contribution < -0.4 is 10.1 Å². The highest BCUT2D eigenvalue weighted by Crippen LogP contribution is 2.21. The molecular formula is C18H24NO2. The maximum Gasteiger partial charge on any atom is 0.150 e. The van der Waals surface area contributed by atoms with Crippen LogP contribution in [0.2, 0.25) is 0 Å². The van der Waals surface area contributed by atoms with Crippen molar-refractivity contribution < 1.29 is 9.84 Å². The largest absolute Gasteiger partial charge is 0.475 e. The molecule has 0 spiro atoms. The Morgan fingerprint density at radius 3 is 2.62 bits per heavy atom. The van der Waals surface area contributed by atoms with E-state index < -0.39 is 0 Å². The number of rotatable bonds is 8. The van der Waals surface area contributed by atoms with Crippen LogP contribution >= 0.6 is 0 Å². The maximum atomic E-state index is 9.01. The Morgan fingerprint density at radius 2 is 1.90 bits per heavy atom. The zero-order chi connectivity index (χ0) is 15.1. The Balaban J connectivity index is 2.05. The van der Waals surface area contributed by atoms with Gasteiger partial charge < -0.3 is 9.84 Å². The van der Waals surface area contributed by atoms with Crippen LogP contribution in [0.25, 0.3) is 10.8 Å². The molecule has 0 aliphatic carbocycles. The van der Waals surface area contributed by atoms with Crippen molar-refractivity contribution in [3.8, 4) is 5.75 Å². The Morgan fingerprint density at radius 1 is 1.14 bits per heavy atom. The first kappa shape index (κ1) is 15.8. The van der Waals surface area contributed by atoms with E-state index in [0.717, 1.165) is 25.1 Å². The Hall–Kier alpha value is -1.58. The van der Waals surface area contributed by atoms with E-state index in [2.05, 4.69) is 43.4 Å². The van der Waals surface area contributed by atoms with Gasteiger partial charge in [0.05, 0.1) is 0 Å². The van der Waals surface area contributed by atoms with Gasteiger partial charge in [-0.05, 0) is 35.2 Å². The van der Waals surface area contributed by atoms with E-state index in [0.29, 0.717) is 0 Å². The number of aliphatic hydroxyl groups is 1. The fourth-order valence-corrected chi connectivity index (χ4v) is 2.20. The van der Waals surface area contributed by atoms with Crippen molar-refractivity contribution in [3.63, 3.8) is 0 Å². The topological polar surface area (TPSA) is 41.5 Å². The van der Waals surface area contributed by atoms with E-state index >= 15 is 0 Å². The lowest BCUT2D eigenvalue weighted by molar-refractivity contribution is 0.142. The first-order valence-corrected chi connectivity index (χ1v) is 7.48. The Bertz CT molecular complexity index is 554. The fraction of sp³-hybridized carbons (Fsp3) is 0.389. The number of benzene rings is 2. The number of aliphatic hydroxyl groups excluding tert-OH is 1. The molecule has 3 heteroatoms. The first-order chi connectivity index (χ1) is 10.2. The minimum absolute atomic E-state index is 0.0757. The molecule has 0 heterocycles. The predicted molar refractivity (Wildman–Crippen MR) is 87.3 cm³/mol. The smallest absolute Gasteiger partial charge is 0.150 e. The van der Waals surface area contributed by atoms with Gasteiger partial charge in [0.15, 0.2) is 0 Å². The minimum atomic E-state index is -0.0757. The molecule has 113 valence electrons. The van der Waals surface area contributed by atoms with Gasteiger partial charge in [0, 0.05) is 19.6 Å². The van der Waals surface area contributed by atoms with Crippen LogP contribution in [0.3, 0.4) is 0 Å². The van der Waals surface area contributed by atoms with Crippen LogP contribution in [-0.4, -0.2) is 24.5 Å². The van der Waals surface area contributed by atoms with Gasteiger partial charge in [0.2, 0.25) is 0 Å². The molecular weight excluding hydrogens is 262 g/mol. The molecule has 0 aliphatic rings. The average Bonchev–Trinajstić information content (AvgIpc) is 2.49. The molecule has 0 saturated heterocycles. The van der Waals surface area contributed by atoms with Crippen LogP contribution in [0, 0.1) is 5.92 Å². The van der Waals surface area contributed by atoms with E-state index in [1.807, 2.05) is 18.2 Å². The van der Waals surface area contributed by atoms with Crippen molar-refractivity contribution in [3.05, 3.63) is 48.4 Å². The van der Waals surface area contributed by atoms with Gasteiger partial charge in [-0.3, -0.25) is 5.32 Å². The third-order valence-electron chi connectivity index (χ3n) is 3.31. The summed E-state index contributed by atoms with van der Waals surface area (Å²) in [5.74, 6) is 2.17. The average molecular weight is 286 g/mol. The number of fused-ring (bicyclic) bond motifs is 1. The molecule has 2 aromatic carbocycles. The van der Waals surface area contributed by atoms with Gasteiger partial charge in [0.25, 0.3) is 0 Å². The van der Waals surface area contributed by atoms with E-state index in [4.69, 9.17) is 9.84 Å². The van der Waals surface area contributed by atoms with E-state index in [-0.39, 0.29) is 12.8 Å². The van der Waals surface area contributed by atoms with Gasteiger partial charge in [-0.2, -0.15) is 0 Å². The van der Waals surface area contributed by atoms with Crippen molar-refractivity contribution >= 4 is 10.8 Å². The van der Waals surface area contributed by atoms with Gasteiger partial charge in [-0.1, -0.05) is 44.2 Å². The number of nitrogens with one attached hydrogen (secondary N) is 1. The third kappa shape index (κ3) is 5.03. The molecule has 0 fully saturated rings. The second-order valence-corrected chi connectivity index (χ2v) is 5.57. The van der Waals surface area contributed by atoms with Crippen LogP contribution in [0.5, 0.6) is 5.75 Å². The molecule has 21 heavy (non-hydrogen) atoms. The van der Waals surface area contributed by atoms with Gasteiger partial charge in [0.1, 0.15) is 12.0 Å². The molecule has 2 rings (SSSR count). The van der Waals surface area contributed by atoms with Crippen LogP contribution in [0.4, 0.5) is 0 Å². The number of ether oxygens (including phenoxy) is 1. The molecule has 2 N–H and O–H groups in total. The maximum absolute atomic E-state index is 9.01. The molecule has 1 radical (unpaired) electrons. The van der Waals surface area contributed by atoms with Crippen molar-refractivity contribution in [2.45, 2.75) is 32.9 Å². The highest BCUT2D eigenvalue weighted by molar-refractivity contribution is 5.83. The monoisotopic (exact) mass is 286 g/mol. The summed E-state index contributed by atoms with van der Waals surface area (Å²) < 4.78 is 6.04. The molecule has 0 saturated carbocycles. The number of hydrogen-bond acceptors (Lipinski definition) is 3. The van der Waals surface area contributed by atoms with Crippen molar-refractivity contribution in [1.82, 2.24) is 5.32 Å². The summed E-state index contributed by atoms with van der Waals surface area (Å²) in [7, 11) is 0. The highest BCUT2D eigenvalue weighted by Gasteiger charge is 2.10. The molecule has 0 bridgehead atoms. The second-order valence-electron chi connectivity index (χ2n) is 5.57. The third-order valence-corrected chi connectivity index (χ3v) is 3.31. The van der Waals surface area contributed by atoms with E-state index in [1.165, 1.54) is 16.7 Å². The molecule has 0 aliphatic heterocycles. The Labute approximate surface area is 126 Å². The van der Waals surface area contributed by atoms with Crippen LogP contribution in [0.15, 0.2) is 42.5 Å². The predicted octanol–water partition coefficient (Wildman–Crippen LogP) is 3.52. The normalized spacial score (nSPS) is 12.8. The summed E-state index contributed by atoms with van der Waals surface area (Å²) in [6.45, 7) is 5.19. The van der Waals surface area contributed by atoms with Crippen molar-refractivity contribution in [2.75, 3.05) is 13.2 Å². The van der Waals surface area contributed by atoms with E-state index in [1.54, 1.807) is 0 Å².